The molecule has 12 heteroatoms. The van der Waals surface area contributed by atoms with Gasteiger partial charge in [0.05, 0.1) is 20.9 Å². The molecule has 1 aliphatic rings. The first-order chi connectivity index (χ1) is 17.7. The molecule has 1 aromatic heterocycles. The van der Waals surface area contributed by atoms with E-state index in [0.29, 0.717) is 31.3 Å². The van der Waals surface area contributed by atoms with Gasteiger partial charge < -0.3 is 15.2 Å². The molecule has 0 saturated carbocycles. The van der Waals surface area contributed by atoms with E-state index in [2.05, 4.69) is 6.07 Å². The van der Waals surface area contributed by atoms with Crippen molar-refractivity contribution in [3.63, 3.8) is 0 Å². The predicted octanol–water partition coefficient (Wildman–Crippen LogP) is 7.21. The summed E-state index contributed by atoms with van der Waals surface area (Å²) >= 11 is 19.8. The summed E-state index contributed by atoms with van der Waals surface area (Å²) in [4.78, 5) is 23.6. The zero-order chi connectivity index (χ0) is 26.4. The fraction of sp³-hybridized carbons (Fsp3) is 0.0400. The molecule has 2 heterocycles. The molecule has 184 valence electrons. The molecular weight excluding hydrogens is 561 g/mol. The second-order valence-electron chi connectivity index (χ2n) is 7.87. The van der Waals surface area contributed by atoms with Crippen LogP contribution in [-0.2, 0) is 0 Å². The van der Waals surface area contributed by atoms with Crippen molar-refractivity contribution < 1.29 is 19.2 Å². The SMILES string of the molecule is N#CC1=C(N)Oc2cc(OC(=O)c3sc4cc(Cl)cc(Cl)c4c3Cl)ccc2C1c1ccc([N+](=O)[O-])cc1. The number of nitro groups is 1. The van der Waals surface area contributed by atoms with Crippen molar-refractivity contribution in [2.45, 2.75) is 5.92 Å². The molecule has 4 aromatic rings. The summed E-state index contributed by atoms with van der Waals surface area (Å²) in [5.74, 6) is -1.05. The van der Waals surface area contributed by atoms with Crippen LogP contribution < -0.4 is 15.2 Å². The Bertz CT molecular complexity index is 1690. The number of allylic oxidation sites excluding steroid dienone is 1. The Morgan fingerprint density at radius 2 is 1.86 bits per heavy atom. The zero-order valence-corrected chi connectivity index (χ0v) is 21.4. The van der Waals surface area contributed by atoms with Gasteiger partial charge in [-0.05, 0) is 23.8 Å². The van der Waals surface area contributed by atoms with Crippen LogP contribution in [0.3, 0.4) is 0 Å². The highest BCUT2D eigenvalue weighted by Gasteiger charge is 2.31. The van der Waals surface area contributed by atoms with Crippen molar-refractivity contribution in [2.24, 2.45) is 5.73 Å². The van der Waals surface area contributed by atoms with Crippen molar-refractivity contribution >= 4 is 67.9 Å². The molecule has 1 atom stereocenters. The highest BCUT2D eigenvalue weighted by Crippen LogP contribution is 2.45. The molecule has 3 aromatic carbocycles. The predicted molar refractivity (Wildman–Crippen MR) is 141 cm³/mol. The molecule has 0 spiro atoms. The number of hydrogen-bond acceptors (Lipinski definition) is 8. The number of nitriles is 1. The van der Waals surface area contributed by atoms with E-state index < -0.39 is 16.8 Å². The quantitative estimate of drug-likeness (QED) is 0.118. The van der Waals surface area contributed by atoms with Crippen molar-refractivity contribution in [3.05, 3.63) is 107 Å². The van der Waals surface area contributed by atoms with Crippen LogP contribution >= 0.6 is 46.1 Å². The monoisotopic (exact) mass is 571 g/mol. The first-order valence-corrected chi connectivity index (χ1v) is 12.4. The van der Waals surface area contributed by atoms with Crippen molar-refractivity contribution in [1.29, 1.82) is 5.26 Å². The van der Waals surface area contributed by atoms with Gasteiger partial charge in [-0.25, -0.2) is 4.79 Å². The second-order valence-corrected chi connectivity index (χ2v) is 10.1. The van der Waals surface area contributed by atoms with Crippen LogP contribution in [0.2, 0.25) is 15.1 Å². The smallest absolute Gasteiger partial charge is 0.355 e. The first kappa shape index (κ1) is 24.9. The van der Waals surface area contributed by atoms with E-state index in [4.69, 9.17) is 50.0 Å². The van der Waals surface area contributed by atoms with E-state index in [9.17, 15) is 20.2 Å². The summed E-state index contributed by atoms with van der Waals surface area (Å²) in [7, 11) is 0. The van der Waals surface area contributed by atoms with Crippen LogP contribution in [-0.4, -0.2) is 10.9 Å². The molecule has 0 bridgehead atoms. The average molecular weight is 573 g/mol. The highest BCUT2D eigenvalue weighted by atomic mass is 35.5. The normalized spacial score (nSPS) is 14.6. The van der Waals surface area contributed by atoms with Gasteiger partial charge in [0.1, 0.15) is 28.0 Å². The van der Waals surface area contributed by atoms with E-state index >= 15 is 0 Å². The molecule has 0 fully saturated rings. The lowest BCUT2D eigenvalue weighted by molar-refractivity contribution is -0.384. The first-order valence-electron chi connectivity index (χ1n) is 10.4. The summed E-state index contributed by atoms with van der Waals surface area (Å²) in [6.07, 6.45) is 0. The number of fused-ring (bicyclic) bond motifs is 2. The number of nitrogens with two attached hydrogens (primary N) is 1. The number of non-ortho nitro benzene ring substituents is 1. The summed E-state index contributed by atoms with van der Waals surface area (Å²) < 4.78 is 11.8. The third kappa shape index (κ3) is 4.45. The molecule has 2 N–H and O–H groups in total. The van der Waals surface area contributed by atoms with Gasteiger partial charge in [-0.2, -0.15) is 5.26 Å². The molecule has 0 aliphatic carbocycles. The minimum Gasteiger partial charge on any atom is -0.440 e. The molecule has 8 nitrogen and oxygen atoms in total. The number of ether oxygens (including phenoxy) is 2. The summed E-state index contributed by atoms with van der Waals surface area (Å²) in [6.45, 7) is 0. The van der Waals surface area contributed by atoms with Crippen LogP contribution in [0.1, 0.15) is 26.7 Å². The standard InChI is InChI=1S/C25H12Cl3N3O5S/c26-12-7-17(27)21-19(8-12)37-23(22(21)28)25(32)35-14-5-6-15-18(9-14)36-24(30)16(10-29)20(15)11-1-3-13(4-2-11)31(33)34/h1-9,20H,30H2. The Morgan fingerprint density at radius 3 is 2.54 bits per heavy atom. The number of esters is 1. The van der Waals surface area contributed by atoms with Gasteiger partial charge in [0.2, 0.25) is 5.88 Å². The van der Waals surface area contributed by atoms with Crippen molar-refractivity contribution in [2.75, 3.05) is 0 Å². The molecule has 0 amide bonds. The number of halogens is 3. The summed E-state index contributed by atoms with van der Waals surface area (Å²) in [5, 5.41) is 22.1. The Balaban J connectivity index is 1.49. The van der Waals surface area contributed by atoms with Crippen LogP contribution in [0.5, 0.6) is 11.5 Å². The summed E-state index contributed by atoms with van der Waals surface area (Å²) in [5.41, 5.74) is 7.26. The van der Waals surface area contributed by atoms with Gasteiger partial charge in [-0.15, -0.1) is 11.3 Å². The number of nitrogens with zero attached hydrogens (tertiary/aromatic N) is 2. The van der Waals surface area contributed by atoms with Crippen molar-refractivity contribution in [1.82, 2.24) is 0 Å². The number of carbonyl (C=O) groups excluding carboxylic acids is 1. The second kappa shape index (κ2) is 9.57. The number of hydrogen-bond donors (Lipinski definition) is 1. The van der Waals surface area contributed by atoms with Crippen LogP contribution in [0.15, 0.2) is 66.1 Å². The van der Waals surface area contributed by atoms with Crippen LogP contribution in [0.25, 0.3) is 10.1 Å². The van der Waals surface area contributed by atoms with Gasteiger partial charge in [0, 0.05) is 38.9 Å². The number of benzene rings is 3. The molecule has 1 aliphatic heterocycles. The van der Waals surface area contributed by atoms with Gasteiger partial charge in [0.15, 0.2) is 0 Å². The van der Waals surface area contributed by atoms with Gasteiger partial charge in [-0.1, -0.05) is 53.0 Å². The van der Waals surface area contributed by atoms with Gasteiger partial charge in [0.25, 0.3) is 5.69 Å². The number of nitro benzene ring substituents is 1. The zero-order valence-electron chi connectivity index (χ0n) is 18.3. The molecule has 1 unspecified atom stereocenters. The van der Waals surface area contributed by atoms with E-state index in [1.165, 1.54) is 24.3 Å². The fourth-order valence-electron chi connectivity index (χ4n) is 4.03. The average Bonchev–Trinajstić information content (AvgIpc) is 3.19. The third-order valence-corrected chi connectivity index (χ3v) is 7.80. The number of carbonyl (C=O) groups is 1. The Kier molecular flexibility index (Phi) is 6.43. The lowest BCUT2D eigenvalue weighted by atomic mass is 9.83. The third-order valence-electron chi connectivity index (χ3n) is 5.67. The van der Waals surface area contributed by atoms with Crippen LogP contribution in [0, 0.1) is 21.4 Å². The molecular formula is C25H12Cl3N3O5S. The topological polar surface area (TPSA) is 128 Å². The van der Waals surface area contributed by atoms with E-state index in [0.717, 1.165) is 11.3 Å². The van der Waals surface area contributed by atoms with Crippen LogP contribution in [0.4, 0.5) is 5.69 Å². The highest BCUT2D eigenvalue weighted by molar-refractivity contribution is 7.21. The molecule has 0 saturated heterocycles. The van der Waals surface area contributed by atoms with E-state index in [1.54, 1.807) is 30.3 Å². The number of rotatable bonds is 4. The maximum Gasteiger partial charge on any atom is 0.355 e. The van der Waals surface area contributed by atoms with Crippen molar-refractivity contribution in [3.8, 4) is 17.6 Å². The van der Waals surface area contributed by atoms with Gasteiger partial charge in [-0.3, -0.25) is 10.1 Å². The van der Waals surface area contributed by atoms with E-state index in [1.807, 2.05) is 0 Å². The lowest BCUT2D eigenvalue weighted by Gasteiger charge is -2.26. The maximum absolute atomic E-state index is 13.0. The fourth-order valence-corrected chi connectivity index (χ4v) is 6.27. The Hall–Kier alpha value is -3.81. The Labute approximate surface area is 228 Å². The van der Waals surface area contributed by atoms with E-state index in [-0.39, 0.29) is 38.5 Å². The minimum absolute atomic E-state index is 0.0859. The minimum atomic E-state index is -0.706. The maximum atomic E-state index is 13.0. The number of thiophene rings is 1. The molecule has 5 rings (SSSR count). The largest absolute Gasteiger partial charge is 0.440 e. The Morgan fingerprint density at radius 1 is 1.14 bits per heavy atom. The van der Waals surface area contributed by atoms with Gasteiger partial charge >= 0.3 is 5.97 Å². The lowest BCUT2D eigenvalue weighted by Crippen LogP contribution is -2.21. The summed E-state index contributed by atoms with van der Waals surface area (Å²) in [6, 6.07) is 15.7. The molecule has 0 radical (unpaired) electrons. The molecule has 37 heavy (non-hydrogen) atoms.